The molecule has 0 amide bonds. The second-order valence-electron chi connectivity index (χ2n) is 4.76. The first kappa shape index (κ1) is 21.9. The van der Waals surface area contributed by atoms with E-state index in [9.17, 15) is 9.18 Å². The van der Waals surface area contributed by atoms with Crippen LogP contribution >= 0.6 is 11.3 Å². The highest BCUT2D eigenvalue weighted by molar-refractivity contribution is 7.20. The molecule has 2 heterocycles. The molecular weight excluding hydrogens is 361 g/mol. The molecule has 0 spiro atoms. The third kappa shape index (κ3) is 6.92. The summed E-state index contributed by atoms with van der Waals surface area (Å²) in [5.41, 5.74) is 1.76. The number of pyridine rings is 1. The van der Waals surface area contributed by atoms with Crippen molar-refractivity contribution in [1.29, 1.82) is 0 Å². The fourth-order valence-corrected chi connectivity index (χ4v) is 2.82. The molecule has 2 aromatic heterocycles. The van der Waals surface area contributed by atoms with E-state index in [1.54, 1.807) is 24.5 Å². The lowest BCUT2D eigenvalue weighted by Crippen LogP contribution is -1.98. The molecule has 27 heavy (non-hydrogen) atoms. The summed E-state index contributed by atoms with van der Waals surface area (Å²) in [6, 6.07) is 9.76. The van der Waals surface area contributed by atoms with Crippen LogP contribution in [0.2, 0.25) is 0 Å². The number of benzene rings is 1. The summed E-state index contributed by atoms with van der Waals surface area (Å²) in [5, 5.41) is 6.87. The number of carbonyl (C=O) groups is 1. The molecule has 3 rings (SSSR count). The summed E-state index contributed by atoms with van der Waals surface area (Å²) in [6.45, 7) is 7.94. The van der Waals surface area contributed by atoms with Crippen LogP contribution in [0.1, 0.15) is 23.5 Å². The molecule has 0 saturated carbocycles. The molecule has 6 heteroatoms. The van der Waals surface area contributed by atoms with Crippen molar-refractivity contribution in [3.05, 3.63) is 66.1 Å². The van der Waals surface area contributed by atoms with Crippen LogP contribution in [0.4, 0.5) is 15.8 Å². The Hall–Kier alpha value is -3.17. The molecule has 3 aromatic rings. The van der Waals surface area contributed by atoms with Crippen LogP contribution < -0.4 is 10.6 Å². The molecule has 0 saturated heterocycles. The van der Waals surface area contributed by atoms with E-state index in [0.29, 0.717) is 11.4 Å². The Morgan fingerprint density at radius 1 is 1.30 bits per heavy atom. The molecule has 4 nitrogen and oxygen atoms in total. The number of hydrogen-bond acceptors (Lipinski definition) is 5. The van der Waals surface area contributed by atoms with Crippen molar-refractivity contribution in [2.24, 2.45) is 0 Å². The number of rotatable bonds is 5. The Labute approximate surface area is 163 Å². The summed E-state index contributed by atoms with van der Waals surface area (Å²) in [6.07, 6.45) is 9.25. The predicted octanol–water partition coefficient (Wildman–Crippen LogP) is 5.56. The molecule has 0 radical (unpaired) electrons. The first-order valence-electron chi connectivity index (χ1n) is 8.32. The van der Waals surface area contributed by atoms with Crippen molar-refractivity contribution >= 4 is 39.2 Å². The number of thiophene rings is 1. The smallest absolute Gasteiger partial charge is 0.160 e. The van der Waals surface area contributed by atoms with Crippen molar-refractivity contribution in [2.45, 2.75) is 13.8 Å². The quantitative estimate of drug-likeness (QED) is 0.447. The minimum atomic E-state index is -0.227. The summed E-state index contributed by atoms with van der Waals surface area (Å²) in [5.74, 6) is 2.28. The van der Waals surface area contributed by atoms with Crippen LogP contribution in [0.3, 0.4) is 0 Å². The highest BCUT2D eigenvalue weighted by atomic mass is 32.1. The van der Waals surface area contributed by atoms with Gasteiger partial charge in [-0.25, -0.2) is 9.37 Å². The summed E-state index contributed by atoms with van der Waals surface area (Å²) in [7, 11) is 0. The minimum absolute atomic E-state index is 0.227. The molecule has 0 atom stereocenters. The fourth-order valence-electron chi connectivity index (χ4n) is 1.98. The summed E-state index contributed by atoms with van der Waals surface area (Å²) < 4.78 is 12.3. The summed E-state index contributed by atoms with van der Waals surface area (Å²) in [4.78, 5) is 16.3. The van der Waals surface area contributed by atoms with Crippen molar-refractivity contribution < 1.29 is 9.18 Å². The second-order valence-corrected chi connectivity index (χ2v) is 5.82. The number of fused-ring (bicyclic) bond motifs is 1. The van der Waals surface area contributed by atoms with Crippen LogP contribution in [-0.4, -0.2) is 17.8 Å². The number of carbonyl (C=O) groups excluding carboxylic acids is 1. The van der Waals surface area contributed by atoms with Crippen LogP contribution in [-0.2, 0) is 0 Å². The number of nitrogens with zero attached hydrogens (tertiary/aromatic N) is 1. The summed E-state index contributed by atoms with van der Waals surface area (Å²) >= 11 is 1.37. The van der Waals surface area contributed by atoms with Crippen molar-refractivity contribution in [3.8, 4) is 12.3 Å². The molecule has 2 N–H and O–H groups in total. The number of nitrogens with one attached hydrogen (secondary N) is 2. The molecule has 140 valence electrons. The van der Waals surface area contributed by atoms with Gasteiger partial charge in [-0.2, -0.15) is 0 Å². The van der Waals surface area contributed by atoms with Crippen LogP contribution in [0.25, 0.3) is 10.2 Å². The van der Waals surface area contributed by atoms with Gasteiger partial charge >= 0.3 is 0 Å². The van der Waals surface area contributed by atoms with Crippen molar-refractivity contribution in [1.82, 2.24) is 4.98 Å². The zero-order valence-electron chi connectivity index (χ0n) is 15.3. The number of aromatic nitrogens is 1. The van der Waals surface area contributed by atoms with E-state index in [-0.39, 0.29) is 5.82 Å². The average molecular weight is 383 g/mol. The van der Waals surface area contributed by atoms with Gasteiger partial charge in [0.25, 0.3) is 0 Å². The van der Waals surface area contributed by atoms with E-state index in [2.05, 4.69) is 28.1 Å². The third-order valence-corrected chi connectivity index (χ3v) is 4.03. The Kier molecular flexibility index (Phi) is 9.90. The molecular formula is C21H22FN3OS. The normalized spacial score (nSPS) is 8.96. The van der Waals surface area contributed by atoms with Gasteiger partial charge in [0.2, 0.25) is 0 Å². The van der Waals surface area contributed by atoms with Crippen molar-refractivity contribution in [2.75, 3.05) is 17.2 Å². The Morgan fingerprint density at radius 3 is 2.59 bits per heavy atom. The molecule has 0 aliphatic carbocycles. The number of aldehydes is 1. The Balaban J connectivity index is 0.000000265. The van der Waals surface area contributed by atoms with Gasteiger partial charge in [0.15, 0.2) is 6.29 Å². The van der Waals surface area contributed by atoms with Gasteiger partial charge < -0.3 is 10.6 Å². The highest BCUT2D eigenvalue weighted by Crippen LogP contribution is 2.28. The van der Waals surface area contributed by atoms with Gasteiger partial charge in [0.05, 0.1) is 11.4 Å². The first-order chi connectivity index (χ1) is 13.2. The number of hydrogen-bond donors (Lipinski definition) is 2. The molecule has 0 bridgehead atoms. The van der Waals surface area contributed by atoms with E-state index in [1.165, 1.54) is 23.5 Å². The molecule has 0 unspecified atom stereocenters. The predicted molar refractivity (Wildman–Crippen MR) is 114 cm³/mol. The van der Waals surface area contributed by atoms with E-state index in [4.69, 9.17) is 6.42 Å². The molecule has 0 aliphatic rings. The number of anilines is 2. The standard InChI is InChI=1S/C11H8N2OS.C8H8FN.C2H6/c1-2-4-12-10-3-5-13-11-9(10)6-8(7-14)15-11;1-2-10-8-5-3-7(9)4-6-8;1-2/h1,3,5-7H,4H2,(H,12,13);2-6,10H,1H2;1-2H3. The molecule has 0 aliphatic heterocycles. The van der Waals surface area contributed by atoms with Gasteiger partial charge in [-0.1, -0.05) is 26.3 Å². The SMILES string of the molecule is C#CCNc1ccnc2sc(C=O)cc12.C=CNc1ccc(F)cc1.CC. The third-order valence-electron chi connectivity index (χ3n) is 3.06. The fraction of sp³-hybridized carbons (Fsp3) is 0.143. The first-order valence-corrected chi connectivity index (χ1v) is 9.13. The number of terminal acetylenes is 1. The zero-order chi connectivity index (χ0) is 20.1. The van der Waals surface area contributed by atoms with Crippen LogP contribution in [0.5, 0.6) is 0 Å². The zero-order valence-corrected chi connectivity index (χ0v) is 16.1. The maximum atomic E-state index is 12.3. The lowest BCUT2D eigenvalue weighted by Gasteiger charge is -2.02. The second kappa shape index (κ2) is 12.2. The van der Waals surface area contributed by atoms with E-state index in [1.807, 2.05) is 26.0 Å². The van der Waals surface area contributed by atoms with Crippen molar-refractivity contribution in [3.63, 3.8) is 0 Å². The largest absolute Gasteiger partial charge is 0.374 e. The topological polar surface area (TPSA) is 54.0 Å². The lowest BCUT2D eigenvalue weighted by molar-refractivity contribution is 0.112. The van der Waals surface area contributed by atoms with Gasteiger partial charge in [0.1, 0.15) is 10.6 Å². The van der Waals surface area contributed by atoms with Crippen LogP contribution in [0.15, 0.2) is 55.4 Å². The minimum Gasteiger partial charge on any atom is -0.374 e. The molecule has 0 fully saturated rings. The van der Waals surface area contributed by atoms with Crippen LogP contribution in [0, 0.1) is 18.2 Å². The van der Waals surface area contributed by atoms with Gasteiger partial charge in [-0.15, -0.1) is 17.8 Å². The lowest BCUT2D eigenvalue weighted by atomic mass is 10.2. The maximum absolute atomic E-state index is 12.3. The molecule has 1 aromatic carbocycles. The monoisotopic (exact) mass is 383 g/mol. The van der Waals surface area contributed by atoms with E-state index < -0.39 is 0 Å². The highest BCUT2D eigenvalue weighted by Gasteiger charge is 2.05. The average Bonchev–Trinajstić information content (AvgIpc) is 3.14. The number of halogens is 1. The van der Waals surface area contributed by atoms with Gasteiger partial charge in [-0.3, -0.25) is 4.79 Å². The van der Waals surface area contributed by atoms with E-state index in [0.717, 1.165) is 27.9 Å². The Morgan fingerprint density at radius 2 is 2.00 bits per heavy atom. The maximum Gasteiger partial charge on any atom is 0.160 e. The van der Waals surface area contributed by atoms with E-state index >= 15 is 0 Å². The van der Waals surface area contributed by atoms with Gasteiger partial charge in [-0.05, 0) is 42.6 Å². The Bertz CT molecular complexity index is 898. The van der Waals surface area contributed by atoms with Gasteiger partial charge in [0, 0.05) is 23.0 Å².